The molecule has 96 valence electrons. The summed E-state index contributed by atoms with van der Waals surface area (Å²) >= 11 is 0. The molecule has 1 aliphatic rings. The summed E-state index contributed by atoms with van der Waals surface area (Å²) in [7, 11) is 0. The minimum atomic E-state index is -0.839. The van der Waals surface area contributed by atoms with Crippen LogP contribution in [0.5, 0.6) is 0 Å². The number of benzene rings is 1. The zero-order valence-electron chi connectivity index (χ0n) is 10.00. The van der Waals surface area contributed by atoms with Crippen molar-refractivity contribution in [2.75, 3.05) is 18.0 Å². The molecule has 6 heteroatoms. The Hall–Kier alpha value is -2.11. The molecule has 1 atom stereocenters. The van der Waals surface area contributed by atoms with Crippen LogP contribution in [-0.4, -0.2) is 29.1 Å². The summed E-state index contributed by atoms with van der Waals surface area (Å²) in [6.45, 7) is 2.68. The molecule has 0 spiro atoms. The highest BCUT2D eigenvalue weighted by atomic mass is 16.6. The average Bonchev–Trinajstić information content (AvgIpc) is 2.77. The molecule has 1 fully saturated rings. The standard InChI is InChI=1S/C12H14N2O4/c1-8-3-2-4-10(14(17)18)11(8)13-6-5-9(7-13)12(15)16/h2-4,9H,5-7H2,1H3,(H,15,16). The summed E-state index contributed by atoms with van der Waals surface area (Å²) in [4.78, 5) is 23.3. The van der Waals surface area contributed by atoms with Crippen molar-refractivity contribution in [1.29, 1.82) is 0 Å². The molecule has 1 aliphatic heterocycles. The smallest absolute Gasteiger partial charge is 0.308 e. The van der Waals surface area contributed by atoms with Crippen LogP contribution in [-0.2, 0) is 4.79 Å². The molecule has 0 amide bonds. The van der Waals surface area contributed by atoms with Gasteiger partial charge in [0, 0.05) is 19.2 Å². The van der Waals surface area contributed by atoms with Crippen LogP contribution in [0, 0.1) is 23.0 Å². The molecule has 0 saturated carbocycles. The van der Waals surface area contributed by atoms with E-state index in [9.17, 15) is 14.9 Å². The number of hydrogen-bond acceptors (Lipinski definition) is 4. The maximum absolute atomic E-state index is 11.0. The van der Waals surface area contributed by atoms with Crippen molar-refractivity contribution in [2.45, 2.75) is 13.3 Å². The van der Waals surface area contributed by atoms with Crippen LogP contribution >= 0.6 is 0 Å². The summed E-state index contributed by atoms with van der Waals surface area (Å²) in [6.07, 6.45) is 0.529. The number of carboxylic acids is 1. The van der Waals surface area contributed by atoms with E-state index in [1.54, 1.807) is 24.0 Å². The number of para-hydroxylation sites is 1. The van der Waals surface area contributed by atoms with Gasteiger partial charge in [0.1, 0.15) is 5.69 Å². The molecule has 0 aliphatic carbocycles. The number of carboxylic acid groups (broad SMARTS) is 1. The molecule has 0 aromatic heterocycles. The molecule has 1 unspecified atom stereocenters. The van der Waals surface area contributed by atoms with Gasteiger partial charge in [0.2, 0.25) is 0 Å². The molecule has 1 aromatic carbocycles. The van der Waals surface area contributed by atoms with E-state index >= 15 is 0 Å². The van der Waals surface area contributed by atoms with Gasteiger partial charge in [0.25, 0.3) is 5.69 Å². The van der Waals surface area contributed by atoms with Crippen molar-refractivity contribution in [1.82, 2.24) is 0 Å². The second-order valence-electron chi connectivity index (χ2n) is 4.47. The Labute approximate surface area is 104 Å². The molecule has 0 bridgehead atoms. The lowest BCUT2D eigenvalue weighted by Gasteiger charge is -2.20. The van der Waals surface area contributed by atoms with E-state index in [4.69, 9.17) is 5.11 Å². The third-order valence-electron chi connectivity index (χ3n) is 3.27. The molecule has 1 heterocycles. The number of aryl methyl sites for hydroxylation is 1. The van der Waals surface area contributed by atoms with E-state index in [1.807, 2.05) is 0 Å². The summed E-state index contributed by atoms with van der Waals surface area (Å²) < 4.78 is 0. The van der Waals surface area contributed by atoms with Crippen LogP contribution < -0.4 is 4.90 Å². The number of nitrogens with zero attached hydrogens (tertiary/aromatic N) is 2. The Kier molecular flexibility index (Phi) is 3.18. The lowest BCUT2D eigenvalue weighted by molar-refractivity contribution is -0.384. The zero-order chi connectivity index (χ0) is 13.3. The Morgan fingerprint density at radius 1 is 1.56 bits per heavy atom. The van der Waals surface area contributed by atoms with Gasteiger partial charge in [0.05, 0.1) is 10.8 Å². The quantitative estimate of drug-likeness (QED) is 0.653. The highest BCUT2D eigenvalue weighted by molar-refractivity contribution is 5.74. The number of nitro benzene ring substituents is 1. The molecule has 1 aromatic rings. The van der Waals surface area contributed by atoms with Gasteiger partial charge in [-0.3, -0.25) is 14.9 Å². The van der Waals surface area contributed by atoms with Crippen LogP contribution in [0.15, 0.2) is 18.2 Å². The maximum Gasteiger partial charge on any atom is 0.308 e. The zero-order valence-corrected chi connectivity index (χ0v) is 10.00. The third kappa shape index (κ3) is 2.13. The van der Waals surface area contributed by atoms with E-state index in [-0.39, 0.29) is 5.69 Å². The van der Waals surface area contributed by atoms with Crippen molar-refractivity contribution in [3.05, 3.63) is 33.9 Å². The summed E-state index contributed by atoms with van der Waals surface area (Å²) in [5.41, 5.74) is 1.39. The SMILES string of the molecule is Cc1cccc([N+](=O)[O-])c1N1CCC(C(=O)O)C1. The topological polar surface area (TPSA) is 83.7 Å². The fourth-order valence-corrected chi connectivity index (χ4v) is 2.37. The molecule has 0 radical (unpaired) electrons. The molecule has 6 nitrogen and oxygen atoms in total. The van der Waals surface area contributed by atoms with E-state index < -0.39 is 16.8 Å². The molecule has 1 saturated heterocycles. The van der Waals surface area contributed by atoms with E-state index in [0.29, 0.717) is 25.2 Å². The summed E-state index contributed by atoms with van der Waals surface area (Å²) in [6, 6.07) is 4.90. The Balaban J connectivity index is 2.34. The summed E-state index contributed by atoms with van der Waals surface area (Å²) in [5.74, 6) is -1.28. The largest absolute Gasteiger partial charge is 0.481 e. The molecule has 2 rings (SSSR count). The van der Waals surface area contributed by atoms with Gasteiger partial charge in [-0.1, -0.05) is 12.1 Å². The van der Waals surface area contributed by atoms with Gasteiger partial charge in [-0.25, -0.2) is 0 Å². The van der Waals surface area contributed by atoms with Crippen LogP contribution in [0.25, 0.3) is 0 Å². The third-order valence-corrected chi connectivity index (χ3v) is 3.27. The number of rotatable bonds is 3. The highest BCUT2D eigenvalue weighted by Gasteiger charge is 2.32. The first-order chi connectivity index (χ1) is 8.50. The van der Waals surface area contributed by atoms with Crippen LogP contribution in [0.1, 0.15) is 12.0 Å². The van der Waals surface area contributed by atoms with E-state index in [1.165, 1.54) is 6.07 Å². The average molecular weight is 250 g/mol. The Bertz CT molecular complexity index is 501. The number of carbonyl (C=O) groups is 1. The van der Waals surface area contributed by atoms with Gasteiger partial charge in [-0.2, -0.15) is 0 Å². The van der Waals surface area contributed by atoms with Gasteiger partial charge >= 0.3 is 5.97 Å². The van der Waals surface area contributed by atoms with E-state index in [2.05, 4.69) is 0 Å². The van der Waals surface area contributed by atoms with Crippen molar-refractivity contribution in [2.24, 2.45) is 5.92 Å². The first-order valence-corrected chi connectivity index (χ1v) is 5.72. The number of anilines is 1. The fourth-order valence-electron chi connectivity index (χ4n) is 2.37. The highest BCUT2D eigenvalue weighted by Crippen LogP contribution is 2.34. The molecule has 18 heavy (non-hydrogen) atoms. The van der Waals surface area contributed by atoms with Gasteiger partial charge in [-0.15, -0.1) is 0 Å². The number of aliphatic carboxylic acids is 1. The van der Waals surface area contributed by atoms with Crippen LogP contribution in [0.4, 0.5) is 11.4 Å². The molecule has 1 N–H and O–H groups in total. The lowest BCUT2D eigenvalue weighted by atomic mass is 10.1. The first-order valence-electron chi connectivity index (χ1n) is 5.72. The van der Waals surface area contributed by atoms with Crippen LogP contribution in [0.3, 0.4) is 0 Å². The number of nitro groups is 1. The second kappa shape index (κ2) is 4.64. The monoisotopic (exact) mass is 250 g/mol. The van der Waals surface area contributed by atoms with Crippen molar-refractivity contribution in [3.63, 3.8) is 0 Å². The minimum absolute atomic E-state index is 0.0426. The van der Waals surface area contributed by atoms with Crippen LogP contribution in [0.2, 0.25) is 0 Å². The van der Waals surface area contributed by atoms with E-state index in [0.717, 1.165) is 5.56 Å². The van der Waals surface area contributed by atoms with Crippen molar-refractivity contribution in [3.8, 4) is 0 Å². The maximum atomic E-state index is 11.0. The fraction of sp³-hybridized carbons (Fsp3) is 0.417. The van der Waals surface area contributed by atoms with Gasteiger partial charge in [-0.05, 0) is 18.9 Å². The van der Waals surface area contributed by atoms with Crippen molar-refractivity contribution < 1.29 is 14.8 Å². The van der Waals surface area contributed by atoms with Gasteiger partial charge < -0.3 is 10.0 Å². The predicted octanol–water partition coefficient (Wildman–Crippen LogP) is 1.81. The number of hydrogen-bond donors (Lipinski definition) is 1. The lowest BCUT2D eigenvalue weighted by Crippen LogP contribution is -2.24. The Morgan fingerprint density at radius 3 is 2.83 bits per heavy atom. The Morgan fingerprint density at radius 2 is 2.28 bits per heavy atom. The van der Waals surface area contributed by atoms with Crippen molar-refractivity contribution >= 4 is 17.3 Å². The first kappa shape index (κ1) is 12.3. The van der Waals surface area contributed by atoms with Gasteiger partial charge in [0.15, 0.2) is 0 Å². The normalized spacial score (nSPS) is 18.9. The predicted molar refractivity (Wildman–Crippen MR) is 65.8 cm³/mol. The minimum Gasteiger partial charge on any atom is -0.481 e. The molecular weight excluding hydrogens is 236 g/mol. The second-order valence-corrected chi connectivity index (χ2v) is 4.47. The summed E-state index contributed by atoms with van der Waals surface area (Å²) in [5, 5.41) is 20.0. The molecular formula is C12H14N2O4.